The molecule has 3 aliphatic rings. The number of carbonyl (C=O) groups excluding carboxylic acids is 5. The number of nitrogens with zero attached hydrogens (tertiary/aromatic N) is 1. The molecule has 0 bridgehead atoms. The predicted molar refractivity (Wildman–Crippen MR) is 136 cm³/mol. The van der Waals surface area contributed by atoms with Crippen LogP contribution in [0.5, 0.6) is 0 Å². The summed E-state index contributed by atoms with van der Waals surface area (Å²) in [6, 6.07) is -2.42. The van der Waals surface area contributed by atoms with Crippen molar-refractivity contribution in [3.05, 3.63) is 0 Å². The van der Waals surface area contributed by atoms with Gasteiger partial charge in [-0.3, -0.25) is 24.0 Å². The van der Waals surface area contributed by atoms with Crippen molar-refractivity contribution in [3.63, 3.8) is 0 Å². The highest BCUT2D eigenvalue weighted by molar-refractivity contribution is 6.38. The van der Waals surface area contributed by atoms with Gasteiger partial charge in [-0.05, 0) is 49.9 Å². The van der Waals surface area contributed by atoms with E-state index in [1.54, 1.807) is 11.8 Å². The van der Waals surface area contributed by atoms with Gasteiger partial charge in [0.25, 0.3) is 5.91 Å². The molecule has 2 unspecified atom stereocenters. The maximum absolute atomic E-state index is 14.0. The fraction of sp³-hybridized carbons (Fsp3) is 0.815. The summed E-state index contributed by atoms with van der Waals surface area (Å²) in [6.07, 6.45) is 7.32. The first-order valence-corrected chi connectivity index (χ1v) is 13.7. The van der Waals surface area contributed by atoms with Crippen LogP contribution in [0.3, 0.4) is 0 Å². The van der Waals surface area contributed by atoms with E-state index in [1.165, 1.54) is 0 Å². The summed E-state index contributed by atoms with van der Waals surface area (Å²) in [7, 11) is 0. The molecule has 3 N–H and O–H groups in total. The number of fused-ring (bicyclic) bond motifs is 1. The molecule has 9 nitrogen and oxygen atoms in total. The Kier molecular flexibility index (Phi) is 9.17. The highest BCUT2D eigenvalue weighted by Crippen LogP contribution is 2.41. The van der Waals surface area contributed by atoms with E-state index in [-0.39, 0.29) is 36.2 Å². The van der Waals surface area contributed by atoms with Gasteiger partial charge in [-0.25, -0.2) is 0 Å². The number of hydrogen-bond donors (Lipinski definition) is 3. The Morgan fingerprint density at radius 2 is 1.61 bits per heavy atom. The number of Topliss-reactive ketones (excluding diaryl/α,β-unsaturated/α-hetero) is 1. The van der Waals surface area contributed by atoms with E-state index in [0.29, 0.717) is 19.3 Å². The second-order valence-electron chi connectivity index (χ2n) is 11.8. The molecule has 1 aliphatic heterocycles. The Morgan fingerprint density at radius 1 is 0.944 bits per heavy atom. The van der Waals surface area contributed by atoms with Crippen LogP contribution >= 0.6 is 0 Å². The van der Waals surface area contributed by atoms with E-state index < -0.39 is 41.1 Å². The maximum atomic E-state index is 14.0. The van der Waals surface area contributed by atoms with E-state index >= 15 is 0 Å². The predicted octanol–water partition coefficient (Wildman–Crippen LogP) is 2.22. The minimum Gasteiger partial charge on any atom is -0.347 e. The number of likely N-dealkylation sites (tertiary alicyclic amines) is 1. The summed E-state index contributed by atoms with van der Waals surface area (Å²) in [5.41, 5.74) is -0.544. The van der Waals surface area contributed by atoms with Crippen LogP contribution in [0.4, 0.5) is 0 Å². The van der Waals surface area contributed by atoms with Gasteiger partial charge >= 0.3 is 0 Å². The Morgan fingerprint density at radius 3 is 2.19 bits per heavy atom. The number of amides is 4. The molecular formula is C27H44N4O5. The van der Waals surface area contributed by atoms with Crippen LogP contribution in [-0.4, -0.2) is 64.5 Å². The summed E-state index contributed by atoms with van der Waals surface area (Å²) >= 11 is 0. The second kappa shape index (κ2) is 11.7. The number of rotatable bonds is 10. The maximum Gasteiger partial charge on any atom is 0.289 e. The molecule has 1 saturated heterocycles. The molecular weight excluding hydrogens is 460 g/mol. The molecule has 3 rings (SSSR count). The van der Waals surface area contributed by atoms with E-state index in [0.717, 1.165) is 38.5 Å². The molecule has 4 amide bonds. The van der Waals surface area contributed by atoms with Gasteiger partial charge in [-0.15, -0.1) is 0 Å². The summed E-state index contributed by atoms with van der Waals surface area (Å²) in [6.45, 7) is 9.36. The van der Waals surface area contributed by atoms with Crippen molar-refractivity contribution in [2.24, 2.45) is 11.3 Å². The molecule has 0 aromatic rings. The molecule has 2 saturated carbocycles. The minimum absolute atomic E-state index is 0.0539. The van der Waals surface area contributed by atoms with Crippen LogP contribution in [0.2, 0.25) is 0 Å². The SMILES string of the molecule is CCC[C@H](NC(=O)[C@@H]1CC2CCCCC2N1C(=O)[C@@H](NC(=O)CC)C(C)(C)C)C(=O)C(=O)NC1CC1. The zero-order valence-electron chi connectivity index (χ0n) is 22.5. The number of nitrogens with one attached hydrogen (secondary N) is 3. The number of hydrogen-bond acceptors (Lipinski definition) is 5. The molecule has 36 heavy (non-hydrogen) atoms. The van der Waals surface area contributed by atoms with Gasteiger partial charge in [-0.2, -0.15) is 0 Å². The van der Waals surface area contributed by atoms with E-state index in [9.17, 15) is 24.0 Å². The summed E-state index contributed by atoms with van der Waals surface area (Å²) in [5.74, 6) is -1.92. The standard InChI is InChI=1S/C27H44N4O5/c1-6-10-18(22(33)25(35)28-17-13-14-17)29-24(34)20-15-16-11-8-9-12-19(16)31(20)26(36)23(27(3,4)5)30-21(32)7-2/h16-20,23H,6-15H2,1-5H3,(H,28,35)(H,29,34)(H,30,32)/t16?,18-,19?,20-,23+/m0/s1. The van der Waals surface area contributed by atoms with Crippen LogP contribution in [0.15, 0.2) is 0 Å². The lowest BCUT2D eigenvalue weighted by molar-refractivity contribution is -0.147. The lowest BCUT2D eigenvalue weighted by Crippen LogP contribution is -2.60. The first-order valence-electron chi connectivity index (χ1n) is 13.7. The van der Waals surface area contributed by atoms with Crippen molar-refractivity contribution in [2.75, 3.05) is 0 Å². The molecule has 1 heterocycles. The Labute approximate surface area is 214 Å². The van der Waals surface area contributed by atoms with Crippen molar-refractivity contribution in [2.45, 2.75) is 129 Å². The second-order valence-corrected chi connectivity index (χ2v) is 11.8. The molecule has 5 atom stereocenters. The highest BCUT2D eigenvalue weighted by atomic mass is 16.2. The molecule has 0 radical (unpaired) electrons. The topological polar surface area (TPSA) is 125 Å². The quantitative estimate of drug-likeness (QED) is 0.394. The van der Waals surface area contributed by atoms with Crippen LogP contribution in [-0.2, 0) is 24.0 Å². The summed E-state index contributed by atoms with van der Waals surface area (Å²) in [4.78, 5) is 66.9. The first kappa shape index (κ1) is 28.1. The van der Waals surface area contributed by atoms with Crippen molar-refractivity contribution in [1.82, 2.24) is 20.9 Å². The molecule has 3 fully saturated rings. The Balaban J connectivity index is 1.83. The summed E-state index contributed by atoms with van der Waals surface area (Å²) < 4.78 is 0. The highest BCUT2D eigenvalue weighted by Gasteiger charge is 2.51. The van der Waals surface area contributed by atoms with E-state index in [4.69, 9.17) is 0 Å². The Bertz CT molecular complexity index is 863. The average molecular weight is 505 g/mol. The van der Waals surface area contributed by atoms with Gasteiger partial charge in [-0.1, -0.05) is 53.9 Å². The number of carbonyl (C=O) groups is 5. The largest absolute Gasteiger partial charge is 0.347 e. The monoisotopic (exact) mass is 504 g/mol. The van der Waals surface area contributed by atoms with Gasteiger partial charge in [0.15, 0.2) is 0 Å². The van der Waals surface area contributed by atoms with Gasteiger partial charge < -0.3 is 20.9 Å². The van der Waals surface area contributed by atoms with E-state index in [1.807, 2.05) is 27.7 Å². The molecule has 9 heteroatoms. The van der Waals surface area contributed by atoms with Crippen LogP contribution in [0, 0.1) is 11.3 Å². The molecule has 2 aliphatic carbocycles. The third-order valence-electron chi connectivity index (χ3n) is 7.73. The normalized spacial score (nSPS) is 25.4. The van der Waals surface area contributed by atoms with Crippen LogP contribution in [0.25, 0.3) is 0 Å². The molecule has 202 valence electrons. The third-order valence-corrected chi connectivity index (χ3v) is 7.73. The molecule has 0 aromatic heterocycles. The zero-order chi connectivity index (χ0) is 26.6. The summed E-state index contributed by atoms with van der Waals surface area (Å²) in [5, 5.41) is 8.43. The fourth-order valence-corrected chi connectivity index (χ4v) is 5.54. The molecule has 0 aromatic carbocycles. The van der Waals surface area contributed by atoms with Gasteiger partial charge in [0.2, 0.25) is 23.5 Å². The van der Waals surface area contributed by atoms with Crippen LogP contribution < -0.4 is 16.0 Å². The van der Waals surface area contributed by atoms with Gasteiger partial charge in [0, 0.05) is 18.5 Å². The molecule has 0 spiro atoms. The zero-order valence-corrected chi connectivity index (χ0v) is 22.5. The minimum atomic E-state index is -0.918. The van der Waals surface area contributed by atoms with E-state index in [2.05, 4.69) is 16.0 Å². The lowest BCUT2D eigenvalue weighted by atomic mass is 9.83. The van der Waals surface area contributed by atoms with Crippen molar-refractivity contribution in [1.29, 1.82) is 0 Å². The Hall–Kier alpha value is -2.45. The fourth-order valence-electron chi connectivity index (χ4n) is 5.54. The van der Waals surface area contributed by atoms with Crippen molar-refractivity contribution >= 4 is 29.4 Å². The van der Waals surface area contributed by atoms with Gasteiger partial charge in [0.05, 0.1) is 6.04 Å². The van der Waals surface area contributed by atoms with Crippen molar-refractivity contribution < 1.29 is 24.0 Å². The third kappa shape index (κ3) is 6.65. The lowest BCUT2D eigenvalue weighted by Gasteiger charge is -2.39. The smallest absolute Gasteiger partial charge is 0.289 e. The van der Waals surface area contributed by atoms with Gasteiger partial charge in [0.1, 0.15) is 12.1 Å². The first-order chi connectivity index (χ1) is 17.0. The average Bonchev–Trinajstić information content (AvgIpc) is 3.56. The van der Waals surface area contributed by atoms with Crippen molar-refractivity contribution in [3.8, 4) is 0 Å². The van der Waals surface area contributed by atoms with Crippen LogP contribution in [0.1, 0.15) is 98.8 Å². The number of ketones is 1.